The van der Waals surface area contributed by atoms with Crippen LogP contribution in [0.1, 0.15) is 21.6 Å². The smallest absolute Gasteiger partial charge is 0.0692 e. The zero-order chi connectivity index (χ0) is 13.1. The summed E-state index contributed by atoms with van der Waals surface area (Å²) in [6.45, 7) is 3.96. The van der Waals surface area contributed by atoms with Crippen LogP contribution in [0.2, 0.25) is 0 Å². The number of hydrogen-bond donors (Lipinski definition) is 0. The summed E-state index contributed by atoms with van der Waals surface area (Å²) in [5, 5.41) is 1.02. The third-order valence-corrected chi connectivity index (χ3v) is 6.72. The van der Waals surface area contributed by atoms with Crippen LogP contribution >= 0.6 is 23.5 Å². The van der Waals surface area contributed by atoms with Gasteiger partial charge < -0.3 is 0 Å². The molecule has 0 aromatic heterocycles. The van der Waals surface area contributed by atoms with Gasteiger partial charge in [0.25, 0.3) is 0 Å². The van der Waals surface area contributed by atoms with Gasteiger partial charge in [-0.15, -0.1) is 30.1 Å². The summed E-state index contributed by atoms with van der Waals surface area (Å²) in [6.07, 6.45) is 2.06. The van der Waals surface area contributed by atoms with E-state index in [1.807, 2.05) is 23.5 Å². The second kappa shape index (κ2) is 5.89. The highest BCUT2D eigenvalue weighted by Crippen LogP contribution is 2.60. The highest BCUT2D eigenvalue weighted by Gasteiger charge is 2.36. The summed E-state index contributed by atoms with van der Waals surface area (Å²) in [4.78, 5) is 0. The highest BCUT2D eigenvalue weighted by molar-refractivity contribution is 8.20. The first-order valence-corrected chi connectivity index (χ1v) is 8.30. The van der Waals surface area contributed by atoms with E-state index in [2.05, 4.69) is 73.3 Å². The van der Waals surface area contributed by atoms with Crippen molar-refractivity contribution in [2.75, 3.05) is 0 Å². The number of benzene rings is 2. The van der Waals surface area contributed by atoms with Gasteiger partial charge in [0.05, 0.1) is 4.58 Å². The van der Waals surface area contributed by atoms with Crippen molar-refractivity contribution in [3.8, 4) is 0 Å². The summed E-state index contributed by atoms with van der Waals surface area (Å²) in [5.74, 6) is 0. The first-order chi connectivity index (χ1) is 9.38. The van der Waals surface area contributed by atoms with Gasteiger partial charge in [0.15, 0.2) is 0 Å². The molecule has 0 radical (unpaired) electrons. The van der Waals surface area contributed by atoms with Gasteiger partial charge in [-0.2, -0.15) is 0 Å². The molecule has 1 aliphatic heterocycles. The number of rotatable bonds is 3. The summed E-state index contributed by atoms with van der Waals surface area (Å²) in [6, 6.07) is 21.6. The third kappa shape index (κ3) is 2.75. The molecule has 1 fully saturated rings. The Kier molecular flexibility index (Phi) is 4.00. The Bertz CT molecular complexity index is 488. The van der Waals surface area contributed by atoms with E-state index in [9.17, 15) is 0 Å². The molecular formula is C17H16S2. The first-order valence-electron chi connectivity index (χ1n) is 6.42. The lowest BCUT2D eigenvalue weighted by Gasteiger charge is -2.18. The lowest BCUT2D eigenvalue weighted by Crippen LogP contribution is -1.99. The van der Waals surface area contributed by atoms with E-state index in [4.69, 9.17) is 0 Å². The lowest BCUT2D eigenvalue weighted by molar-refractivity contribution is 0.920. The van der Waals surface area contributed by atoms with Crippen molar-refractivity contribution in [1.29, 1.82) is 0 Å². The van der Waals surface area contributed by atoms with E-state index in [1.165, 1.54) is 11.1 Å². The van der Waals surface area contributed by atoms with Crippen LogP contribution in [0.15, 0.2) is 73.3 Å². The maximum Gasteiger partial charge on any atom is 0.0692 e. The van der Waals surface area contributed by atoms with Gasteiger partial charge in [-0.05, 0) is 11.1 Å². The summed E-state index contributed by atoms with van der Waals surface area (Å²) < 4.78 is 0.482. The Balaban J connectivity index is 1.94. The standard InChI is InChI=1S/C17H16S2/c1-2-15-18-16(13-9-5-3-6-10-13)17(19-15)14-11-7-4-8-12-14/h2-12,15-17H,1H2/t15?,16-,17+. The minimum Gasteiger partial charge on any atom is -0.134 e. The van der Waals surface area contributed by atoms with Crippen molar-refractivity contribution in [3.05, 3.63) is 84.4 Å². The van der Waals surface area contributed by atoms with Gasteiger partial charge in [0.2, 0.25) is 0 Å². The monoisotopic (exact) mass is 284 g/mol. The molecule has 2 heteroatoms. The van der Waals surface area contributed by atoms with Crippen molar-refractivity contribution in [3.63, 3.8) is 0 Å². The average molecular weight is 284 g/mol. The molecule has 0 bridgehead atoms. The van der Waals surface area contributed by atoms with Crippen molar-refractivity contribution in [2.45, 2.75) is 15.1 Å². The molecule has 1 aliphatic rings. The molecule has 19 heavy (non-hydrogen) atoms. The molecule has 1 saturated heterocycles. The van der Waals surface area contributed by atoms with Crippen molar-refractivity contribution in [1.82, 2.24) is 0 Å². The Hall–Kier alpha value is -1.12. The van der Waals surface area contributed by atoms with Gasteiger partial charge in [-0.25, -0.2) is 0 Å². The van der Waals surface area contributed by atoms with E-state index in [0.717, 1.165) is 0 Å². The molecule has 2 aromatic carbocycles. The zero-order valence-corrected chi connectivity index (χ0v) is 12.2. The first kappa shape index (κ1) is 12.9. The molecule has 0 amide bonds. The molecular weight excluding hydrogens is 268 g/mol. The molecule has 0 saturated carbocycles. The van der Waals surface area contributed by atoms with Gasteiger partial charge in [-0.3, -0.25) is 0 Å². The molecule has 96 valence electrons. The molecule has 0 N–H and O–H groups in total. The van der Waals surface area contributed by atoms with Gasteiger partial charge in [-0.1, -0.05) is 66.7 Å². The number of hydrogen-bond acceptors (Lipinski definition) is 2. The molecule has 2 aromatic rings. The average Bonchev–Trinajstić information content (AvgIpc) is 2.93. The van der Waals surface area contributed by atoms with E-state index < -0.39 is 0 Å². The second-order valence-electron chi connectivity index (χ2n) is 4.54. The molecule has 0 spiro atoms. The van der Waals surface area contributed by atoms with E-state index in [1.54, 1.807) is 0 Å². The Morgan fingerprint density at radius 3 is 1.53 bits per heavy atom. The molecule has 1 unspecified atom stereocenters. The predicted molar refractivity (Wildman–Crippen MR) is 87.5 cm³/mol. The van der Waals surface area contributed by atoms with Crippen LogP contribution < -0.4 is 0 Å². The zero-order valence-electron chi connectivity index (χ0n) is 10.6. The minimum absolute atomic E-state index is 0.482. The Morgan fingerprint density at radius 2 is 1.16 bits per heavy atom. The van der Waals surface area contributed by atoms with E-state index in [-0.39, 0.29) is 0 Å². The van der Waals surface area contributed by atoms with Crippen LogP contribution in [0.4, 0.5) is 0 Å². The third-order valence-electron chi connectivity index (χ3n) is 3.29. The van der Waals surface area contributed by atoms with Crippen LogP contribution in [0.3, 0.4) is 0 Å². The van der Waals surface area contributed by atoms with Crippen molar-refractivity contribution >= 4 is 23.5 Å². The summed E-state index contributed by atoms with van der Waals surface area (Å²) >= 11 is 4.02. The summed E-state index contributed by atoms with van der Waals surface area (Å²) in [7, 11) is 0. The SMILES string of the molecule is C=CC1S[C@H](c2ccccc2)[C@H](c2ccccc2)S1. The van der Waals surface area contributed by atoms with E-state index >= 15 is 0 Å². The quantitative estimate of drug-likeness (QED) is 0.686. The predicted octanol–water partition coefficient (Wildman–Crippen LogP) is 5.46. The van der Waals surface area contributed by atoms with Crippen LogP contribution in [0, 0.1) is 0 Å². The Morgan fingerprint density at radius 1 is 0.737 bits per heavy atom. The van der Waals surface area contributed by atoms with Gasteiger partial charge >= 0.3 is 0 Å². The fraction of sp³-hybridized carbons (Fsp3) is 0.176. The molecule has 0 aliphatic carbocycles. The molecule has 3 atom stereocenters. The molecule has 1 heterocycles. The fourth-order valence-electron chi connectivity index (χ4n) is 2.37. The minimum atomic E-state index is 0.482. The highest BCUT2D eigenvalue weighted by atomic mass is 32.2. The largest absolute Gasteiger partial charge is 0.134 e. The van der Waals surface area contributed by atoms with Gasteiger partial charge in [0.1, 0.15) is 0 Å². The maximum absolute atomic E-state index is 3.96. The van der Waals surface area contributed by atoms with Crippen LogP contribution in [-0.4, -0.2) is 4.58 Å². The Labute approximate surface area is 123 Å². The van der Waals surface area contributed by atoms with Crippen molar-refractivity contribution < 1.29 is 0 Å². The van der Waals surface area contributed by atoms with Crippen LogP contribution in [-0.2, 0) is 0 Å². The van der Waals surface area contributed by atoms with Crippen molar-refractivity contribution in [2.24, 2.45) is 0 Å². The topological polar surface area (TPSA) is 0 Å². The fourth-order valence-corrected chi connectivity index (χ4v) is 5.76. The summed E-state index contributed by atoms with van der Waals surface area (Å²) in [5.41, 5.74) is 2.83. The van der Waals surface area contributed by atoms with Gasteiger partial charge in [0, 0.05) is 10.5 Å². The maximum atomic E-state index is 3.96. The van der Waals surface area contributed by atoms with Crippen LogP contribution in [0.25, 0.3) is 0 Å². The van der Waals surface area contributed by atoms with E-state index in [0.29, 0.717) is 15.1 Å². The normalized spacial score (nSPS) is 26.2. The molecule has 3 rings (SSSR count). The van der Waals surface area contributed by atoms with Crippen LogP contribution in [0.5, 0.6) is 0 Å². The molecule has 0 nitrogen and oxygen atoms in total. The second-order valence-corrected chi connectivity index (χ2v) is 7.41. The lowest BCUT2D eigenvalue weighted by atomic mass is 10.0. The number of thioether (sulfide) groups is 2.